The second-order valence-corrected chi connectivity index (χ2v) is 5.65. The molecule has 0 spiro atoms. The Hall–Kier alpha value is -3.42. The van der Waals surface area contributed by atoms with E-state index in [4.69, 9.17) is 14.2 Å². The van der Waals surface area contributed by atoms with Crippen LogP contribution < -0.4 is 24.8 Å². The van der Waals surface area contributed by atoms with Crippen molar-refractivity contribution in [2.24, 2.45) is 0 Å². The summed E-state index contributed by atoms with van der Waals surface area (Å²) in [6.07, 6.45) is -5.28. The summed E-state index contributed by atoms with van der Waals surface area (Å²) in [5, 5.41) is 12.8. The Balaban J connectivity index is 2.62. The number of carbonyl (C=O) groups is 2. The lowest BCUT2D eigenvalue weighted by atomic mass is 9.89. The number of rotatable bonds is 5. The molecule has 0 aromatic heterocycles. The van der Waals surface area contributed by atoms with Crippen LogP contribution in [0.1, 0.15) is 17.3 Å². The van der Waals surface area contributed by atoms with Gasteiger partial charge in [-0.15, -0.1) is 0 Å². The van der Waals surface area contributed by atoms with E-state index >= 15 is 0 Å². The zero-order valence-electron chi connectivity index (χ0n) is 15.3. The van der Waals surface area contributed by atoms with E-state index in [1.165, 1.54) is 33.5 Å². The number of nitrogens with zero attached hydrogens (tertiary/aromatic N) is 1. The molecule has 1 atom stereocenters. The third-order valence-corrected chi connectivity index (χ3v) is 4.18. The number of hydrogen-bond acceptors (Lipinski definition) is 6. The summed E-state index contributed by atoms with van der Waals surface area (Å²) in [6.45, 7) is 1.13. The Bertz CT molecular complexity index is 905. The minimum atomic E-state index is -5.28. The maximum absolute atomic E-state index is 13.9. The van der Waals surface area contributed by atoms with E-state index in [-0.39, 0.29) is 28.5 Å². The number of halogens is 3. The van der Waals surface area contributed by atoms with Crippen molar-refractivity contribution in [1.29, 1.82) is 5.26 Å². The number of benzene rings is 1. The lowest BCUT2D eigenvalue weighted by Crippen LogP contribution is -2.64. The van der Waals surface area contributed by atoms with Gasteiger partial charge >= 0.3 is 6.18 Å². The standard InChI is InChI=1S/C17H16F3N3O5/c1-8-10(7-21)16(15(25)22-8,17(18,19)20)23-14(24)9-5-6-11(26-2)13(28-4)12(9)27-3/h5-6H,1-4H3,(H,22,25)(H,23,24). The molecule has 1 aromatic rings. The number of alkyl halides is 3. The highest BCUT2D eigenvalue weighted by atomic mass is 19.4. The first kappa shape index (κ1) is 20.9. The molecule has 2 rings (SSSR count). The lowest BCUT2D eigenvalue weighted by molar-refractivity contribution is -0.184. The summed E-state index contributed by atoms with van der Waals surface area (Å²) in [5.41, 5.74) is -5.12. The average molecular weight is 399 g/mol. The largest absolute Gasteiger partial charge is 0.493 e. The lowest BCUT2D eigenvalue weighted by Gasteiger charge is -2.30. The summed E-state index contributed by atoms with van der Waals surface area (Å²) in [7, 11) is 3.76. The first-order chi connectivity index (χ1) is 13.1. The quantitative estimate of drug-likeness (QED) is 0.780. The molecule has 0 radical (unpaired) electrons. The zero-order chi connectivity index (χ0) is 21.3. The van der Waals surface area contributed by atoms with Gasteiger partial charge in [-0.05, 0) is 19.1 Å². The fraction of sp³-hybridized carbons (Fsp3) is 0.353. The minimum absolute atomic E-state index is 0.0261. The van der Waals surface area contributed by atoms with E-state index in [1.807, 2.05) is 5.32 Å². The second-order valence-electron chi connectivity index (χ2n) is 5.65. The monoisotopic (exact) mass is 399 g/mol. The molecule has 1 aliphatic heterocycles. The van der Waals surface area contributed by atoms with E-state index in [0.29, 0.717) is 0 Å². The molecule has 1 unspecified atom stereocenters. The molecule has 0 saturated heterocycles. The van der Waals surface area contributed by atoms with Gasteiger partial charge in [-0.25, -0.2) is 0 Å². The van der Waals surface area contributed by atoms with Crippen LogP contribution in [0.3, 0.4) is 0 Å². The van der Waals surface area contributed by atoms with Crippen LogP contribution in [0.5, 0.6) is 17.2 Å². The number of nitriles is 1. The predicted octanol–water partition coefficient (Wildman–Crippen LogP) is 1.67. The molecule has 8 nitrogen and oxygen atoms in total. The van der Waals surface area contributed by atoms with Gasteiger partial charge in [-0.3, -0.25) is 9.59 Å². The van der Waals surface area contributed by atoms with Crippen molar-refractivity contribution in [1.82, 2.24) is 10.6 Å². The van der Waals surface area contributed by atoms with Crippen LogP contribution in [0.4, 0.5) is 13.2 Å². The fourth-order valence-corrected chi connectivity index (χ4v) is 2.87. The normalized spacial score (nSPS) is 19.0. The van der Waals surface area contributed by atoms with Crippen molar-refractivity contribution in [3.05, 3.63) is 29.0 Å². The molecule has 1 aromatic carbocycles. The summed E-state index contributed by atoms with van der Waals surface area (Å²) in [5.74, 6) is -2.93. The van der Waals surface area contributed by atoms with Gasteiger partial charge < -0.3 is 24.8 Å². The topological polar surface area (TPSA) is 110 Å². The van der Waals surface area contributed by atoms with Crippen LogP contribution in [-0.2, 0) is 4.79 Å². The molecule has 150 valence electrons. The number of ether oxygens (including phenoxy) is 3. The summed E-state index contributed by atoms with van der Waals surface area (Å²) >= 11 is 0. The average Bonchev–Trinajstić information content (AvgIpc) is 2.89. The van der Waals surface area contributed by atoms with Gasteiger partial charge in [0.05, 0.1) is 38.5 Å². The minimum Gasteiger partial charge on any atom is -0.493 e. The Morgan fingerprint density at radius 1 is 1.18 bits per heavy atom. The van der Waals surface area contributed by atoms with Crippen molar-refractivity contribution < 1.29 is 37.0 Å². The Morgan fingerprint density at radius 3 is 2.25 bits per heavy atom. The van der Waals surface area contributed by atoms with Crippen molar-refractivity contribution >= 4 is 11.8 Å². The molecular formula is C17H16F3N3O5. The van der Waals surface area contributed by atoms with Crippen molar-refractivity contribution in [3.8, 4) is 23.3 Å². The third kappa shape index (κ3) is 2.96. The molecule has 11 heteroatoms. The van der Waals surface area contributed by atoms with E-state index in [9.17, 15) is 28.0 Å². The summed E-state index contributed by atoms with van der Waals surface area (Å²) < 4.78 is 56.8. The number of carbonyl (C=O) groups excluding carboxylic acids is 2. The number of amides is 2. The van der Waals surface area contributed by atoms with E-state index in [0.717, 1.165) is 13.0 Å². The molecule has 0 fully saturated rings. The van der Waals surface area contributed by atoms with Gasteiger partial charge in [-0.1, -0.05) is 0 Å². The van der Waals surface area contributed by atoms with E-state index in [1.54, 1.807) is 5.32 Å². The highest BCUT2D eigenvalue weighted by Crippen LogP contribution is 2.43. The van der Waals surface area contributed by atoms with Gasteiger partial charge in [0, 0.05) is 5.70 Å². The van der Waals surface area contributed by atoms with Crippen molar-refractivity contribution in [2.75, 3.05) is 21.3 Å². The smallest absolute Gasteiger partial charge is 0.425 e. The van der Waals surface area contributed by atoms with Gasteiger partial charge in [0.2, 0.25) is 5.75 Å². The maximum Gasteiger partial charge on any atom is 0.425 e. The number of allylic oxidation sites excluding steroid dienone is 1. The maximum atomic E-state index is 13.9. The highest BCUT2D eigenvalue weighted by Gasteiger charge is 2.67. The second kappa shape index (κ2) is 7.30. The first-order valence-electron chi connectivity index (χ1n) is 7.70. The number of hydrogen-bond donors (Lipinski definition) is 2. The Morgan fingerprint density at radius 2 is 1.79 bits per heavy atom. The first-order valence-corrected chi connectivity index (χ1v) is 7.70. The molecule has 1 heterocycles. The van der Waals surface area contributed by atoms with Crippen LogP contribution >= 0.6 is 0 Å². The summed E-state index contributed by atoms with van der Waals surface area (Å²) in [4.78, 5) is 24.9. The van der Waals surface area contributed by atoms with Gasteiger partial charge in [-0.2, -0.15) is 18.4 Å². The van der Waals surface area contributed by atoms with Crippen LogP contribution in [0.2, 0.25) is 0 Å². The van der Waals surface area contributed by atoms with Gasteiger partial charge in [0.1, 0.15) is 0 Å². The van der Waals surface area contributed by atoms with Crippen molar-refractivity contribution in [3.63, 3.8) is 0 Å². The number of methoxy groups -OCH3 is 3. The Labute approximate surface area is 157 Å². The molecule has 0 saturated carbocycles. The molecule has 28 heavy (non-hydrogen) atoms. The SMILES string of the molecule is COc1ccc(C(=O)NC2(C(F)(F)F)C(=O)NC(C)=C2C#N)c(OC)c1OC. The van der Waals surface area contributed by atoms with Gasteiger partial charge in [0.25, 0.3) is 17.4 Å². The van der Waals surface area contributed by atoms with Crippen LogP contribution in [0, 0.1) is 11.3 Å². The third-order valence-electron chi connectivity index (χ3n) is 4.18. The fourth-order valence-electron chi connectivity index (χ4n) is 2.87. The predicted molar refractivity (Wildman–Crippen MR) is 88.8 cm³/mol. The molecule has 1 aliphatic rings. The Kier molecular flexibility index (Phi) is 5.45. The molecular weight excluding hydrogens is 383 g/mol. The van der Waals surface area contributed by atoms with Crippen LogP contribution in [0.15, 0.2) is 23.4 Å². The van der Waals surface area contributed by atoms with Crippen LogP contribution in [0.25, 0.3) is 0 Å². The van der Waals surface area contributed by atoms with Crippen LogP contribution in [-0.4, -0.2) is 44.9 Å². The van der Waals surface area contributed by atoms with Crippen molar-refractivity contribution in [2.45, 2.75) is 18.6 Å². The summed E-state index contributed by atoms with van der Waals surface area (Å²) in [6, 6.07) is 3.79. The molecule has 2 amide bonds. The number of nitrogens with one attached hydrogen (secondary N) is 2. The van der Waals surface area contributed by atoms with E-state index < -0.39 is 29.1 Å². The molecule has 0 bridgehead atoms. The van der Waals surface area contributed by atoms with Gasteiger partial charge in [0.15, 0.2) is 11.5 Å². The molecule has 0 aliphatic carbocycles. The zero-order valence-corrected chi connectivity index (χ0v) is 15.3. The highest BCUT2D eigenvalue weighted by molar-refractivity contribution is 6.06. The van der Waals surface area contributed by atoms with E-state index in [2.05, 4.69) is 0 Å². The molecule has 2 N–H and O–H groups in total.